The fourth-order valence-corrected chi connectivity index (χ4v) is 1.59. The lowest BCUT2D eigenvalue weighted by molar-refractivity contribution is -0.114. The molecule has 0 atom stereocenters. The van der Waals surface area contributed by atoms with Crippen molar-refractivity contribution in [2.75, 3.05) is 10.6 Å². The SMILES string of the molecule is CC(=O)Nc1cccc(NC(=O)c2conc2C)c1. The van der Waals surface area contributed by atoms with Gasteiger partial charge in [0, 0.05) is 18.3 Å². The van der Waals surface area contributed by atoms with Crippen molar-refractivity contribution in [3.05, 3.63) is 41.8 Å². The molecule has 1 aromatic heterocycles. The molecule has 6 nitrogen and oxygen atoms in total. The van der Waals surface area contributed by atoms with E-state index in [1.807, 2.05) is 0 Å². The van der Waals surface area contributed by atoms with Crippen LogP contribution in [-0.2, 0) is 4.79 Å². The Bertz CT molecular complexity index is 619. The van der Waals surface area contributed by atoms with Crippen LogP contribution in [0.4, 0.5) is 11.4 Å². The van der Waals surface area contributed by atoms with Crippen LogP contribution in [0, 0.1) is 6.92 Å². The molecule has 0 saturated heterocycles. The van der Waals surface area contributed by atoms with Gasteiger partial charge in [0.2, 0.25) is 5.91 Å². The molecule has 0 aliphatic heterocycles. The maximum absolute atomic E-state index is 11.9. The normalized spacial score (nSPS) is 10.0. The Hall–Kier alpha value is -2.63. The summed E-state index contributed by atoms with van der Waals surface area (Å²) in [5.74, 6) is -0.475. The zero-order valence-electron chi connectivity index (χ0n) is 10.6. The van der Waals surface area contributed by atoms with E-state index in [4.69, 9.17) is 4.52 Å². The molecule has 0 saturated carbocycles. The molecule has 1 aromatic carbocycles. The maximum atomic E-state index is 11.9. The summed E-state index contributed by atoms with van der Waals surface area (Å²) in [6.07, 6.45) is 1.29. The van der Waals surface area contributed by atoms with Gasteiger partial charge in [0.05, 0.1) is 5.69 Å². The van der Waals surface area contributed by atoms with Crippen LogP contribution in [-0.4, -0.2) is 17.0 Å². The van der Waals surface area contributed by atoms with Crippen molar-refractivity contribution in [3.8, 4) is 0 Å². The van der Waals surface area contributed by atoms with E-state index < -0.39 is 0 Å². The number of nitrogens with zero attached hydrogens (tertiary/aromatic N) is 1. The molecule has 0 unspecified atom stereocenters. The summed E-state index contributed by atoms with van der Waals surface area (Å²) in [7, 11) is 0. The van der Waals surface area contributed by atoms with Gasteiger partial charge in [-0.2, -0.15) is 0 Å². The van der Waals surface area contributed by atoms with E-state index >= 15 is 0 Å². The predicted molar refractivity (Wildman–Crippen MR) is 69.9 cm³/mol. The van der Waals surface area contributed by atoms with Gasteiger partial charge in [0.1, 0.15) is 11.8 Å². The van der Waals surface area contributed by atoms with Crippen LogP contribution in [0.1, 0.15) is 23.0 Å². The number of rotatable bonds is 3. The van der Waals surface area contributed by atoms with Gasteiger partial charge in [0.25, 0.3) is 5.91 Å². The summed E-state index contributed by atoms with van der Waals surface area (Å²) in [6.45, 7) is 3.11. The van der Waals surface area contributed by atoms with E-state index in [0.717, 1.165) is 0 Å². The molecule has 0 spiro atoms. The molecule has 0 fully saturated rings. The van der Waals surface area contributed by atoms with Gasteiger partial charge in [-0.05, 0) is 25.1 Å². The third-order valence-corrected chi connectivity index (χ3v) is 2.44. The highest BCUT2D eigenvalue weighted by molar-refractivity contribution is 6.05. The number of benzene rings is 1. The van der Waals surface area contributed by atoms with Gasteiger partial charge in [0.15, 0.2) is 0 Å². The number of aromatic nitrogens is 1. The lowest BCUT2D eigenvalue weighted by Crippen LogP contribution is -2.13. The Labute approximate surface area is 109 Å². The zero-order valence-corrected chi connectivity index (χ0v) is 10.6. The molecule has 2 aromatic rings. The van der Waals surface area contributed by atoms with Crippen molar-refractivity contribution in [2.45, 2.75) is 13.8 Å². The van der Waals surface area contributed by atoms with Crippen molar-refractivity contribution in [1.82, 2.24) is 5.16 Å². The van der Waals surface area contributed by atoms with Crippen LogP contribution >= 0.6 is 0 Å². The van der Waals surface area contributed by atoms with Gasteiger partial charge < -0.3 is 15.2 Å². The molecule has 19 heavy (non-hydrogen) atoms. The molecule has 6 heteroatoms. The van der Waals surface area contributed by atoms with E-state index in [0.29, 0.717) is 22.6 Å². The van der Waals surface area contributed by atoms with E-state index in [2.05, 4.69) is 15.8 Å². The minimum absolute atomic E-state index is 0.168. The van der Waals surface area contributed by atoms with Crippen molar-refractivity contribution in [3.63, 3.8) is 0 Å². The monoisotopic (exact) mass is 259 g/mol. The summed E-state index contributed by atoms with van der Waals surface area (Å²) in [5, 5.41) is 9.00. The van der Waals surface area contributed by atoms with Crippen LogP contribution in [0.2, 0.25) is 0 Å². The summed E-state index contributed by atoms with van der Waals surface area (Å²) in [5.41, 5.74) is 2.10. The van der Waals surface area contributed by atoms with Crippen LogP contribution < -0.4 is 10.6 Å². The number of hydrogen-bond acceptors (Lipinski definition) is 4. The molecule has 98 valence electrons. The highest BCUT2D eigenvalue weighted by atomic mass is 16.5. The average molecular weight is 259 g/mol. The lowest BCUT2D eigenvalue weighted by Gasteiger charge is -2.07. The molecule has 0 aliphatic rings. The topological polar surface area (TPSA) is 84.2 Å². The second-order valence-corrected chi connectivity index (χ2v) is 4.03. The second-order valence-electron chi connectivity index (χ2n) is 4.03. The number of carbonyl (C=O) groups is 2. The van der Waals surface area contributed by atoms with Crippen LogP contribution in [0.25, 0.3) is 0 Å². The first-order chi connectivity index (χ1) is 9.06. The highest BCUT2D eigenvalue weighted by Gasteiger charge is 2.12. The molecule has 2 amide bonds. The summed E-state index contributed by atoms with van der Waals surface area (Å²) < 4.78 is 4.71. The zero-order chi connectivity index (χ0) is 13.8. The number of amides is 2. The molecule has 0 radical (unpaired) electrons. The third-order valence-electron chi connectivity index (χ3n) is 2.44. The van der Waals surface area contributed by atoms with Crippen molar-refractivity contribution < 1.29 is 14.1 Å². The predicted octanol–water partition coefficient (Wildman–Crippen LogP) is 2.19. The third kappa shape index (κ3) is 3.19. The Morgan fingerprint density at radius 3 is 2.47 bits per heavy atom. The average Bonchev–Trinajstić information content (AvgIpc) is 2.75. The number of hydrogen-bond donors (Lipinski definition) is 2. The molecule has 1 heterocycles. The fraction of sp³-hybridized carbons (Fsp3) is 0.154. The standard InChI is InChI=1S/C13H13N3O3/c1-8-12(7-19-16-8)13(18)15-11-5-3-4-10(6-11)14-9(2)17/h3-7H,1-2H3,(H,14,17)(H,15,18). The van der Waals surface area contributed by atoms with E-state index in [-0.39, 0.29) is 11.8 Å². The van der Waals surface area contributed by atoms with Gasteiger partial charge in [-0.15, -0.1) is 0 Å². The minimum Gasteiger partial charge on any atom is -0.364 e. The Morgan fingerprint density at radius 2 is 1.89 bits per heavy atom. The second kappa shape index (κ2) is 5.34. The van der Waals surface area contributed by atoms with Crippen LogP contribution in [0.3, 0.4) is 0 Å². The number of nitrogens with one attached hydrogen (secondary N) is 2. The number of anilines is 2. The largest absolute Gasteiger partial charge is 0.364 e. The summed E-state index contributed by atoms with van der Waals surface area (Å²) in [6, 6.07) is 6.87. The minimum atomic E-state index is -0.307. The first-order valence-corrected chi connectivity index (χ1v) is 5.66. The first kappa shape index (κ1) is 12.8. The van der Waals surface area contributed by atoms with E-state index in [9.17, 15) is 9.59 Å². The molecule has 0 bridgehead atoms. The van der Waals surface area contributed by atoms with Crippen molar-refractivity contribution in [2.24, 2.45) is 0 Å². The molecule has 0 aliphatic carbocycles. The first-order valence-electron chi connectivity index (χ1n) is 5.66. The molecule has 2 N–H and O–H groups in total. The summed E-state index contributed by atoms with van der Waals surface area (Å²) in [4.78, 5) is 22.9. The Morgan fingerprint density at radius 1 is 1.21 bits per heavy atom. The van der Waals surface area contributed by atoms with E-state index in [1.165, 1.54) is 13.2 Å². The van der Waals surface area contributed by atoms with Crippen molar-refractivity contribution >= 4 is 23.2 Å². The summed E-state index contributed by atoms with van der Waals surface area (Å²) >= 11 is 0. The van der Waals surface area contributed by atoms with E-state index in [1.54, 1.807) is 31.2 Å². The molecular formula is C13H13N3O3. The van der Waals surface area contributed by atoms with Gasteiger partial charge in [-0.1, -0.05) is 11.2 Å². The van der Waals surface area contributed by atoms with Gasteiger partial charge >= 0.3 is 0 Å². The van der Waals surface area contributed by atoms with Crippen LogP contribution in [0.5, 0.6) is 0 Å². The maximum Gasteiger partial charge on any atom is 0.260 e. The number of aryl methyl sites for hydroxylation is 1. The van der Waals surface area contributed by atoms with Crippen molar-refractivity contribution in [1.29, 1.82) is 0 Å². The Kier molecular flexibility index (Phi) is 3.61. The van der Waals surface area contributed by atoms with Gasteiger partial charge in [-0.25, -0.2) is 0 Å². The highest BCUT2D eigenvalue weighted by Crippen LogP contribution is 2.16. The molecular weight excluding hydrogens is 246 g/mol. The molecule has 2 rings (SSSR count). The lowest BCUT2D eigenvalue weighted by atomic mass is 10.2. The van der Waals surface area contributed by atoms with Gasteiger partial charge in [-0.3, -0.25) is 9.59 Å². The quantitative estimate of drug-likeness (QED) is 0.884. The number of carbonyl (C=O) groups excluding carboxylic acids is 2. The Balaban J connectivity index is 2.13. The fourth-order valence-electron chi connectivity index (χ4n) is 1.59. The smallest absolute Gasteiger partial charge is 0.260 e. The van der Waals surface area contributed by atoms with Crippen LogP contribution in [0.15, 0.2) is 35.1 Å².